The predicted molar refractivity (Wildman–Crippen MR) is 151 cm³/mol. The Morgan fingerprint density at radius 3 is 1.89 bits per heavy atom. The second-order valence-corrected chi connectivity index (χ2v) is 15.2. The molecule has 1 heterocycles. The van der Waals surface area contributed by atoms with Gasteiger partial charge in [0.15, 0.2) is 0 Å². The minimum atomic E-state index is -2.47. The van der Waals surface area contributed by atoms with Crippen molar-refractivity contribution in [3.63, 3.8) is 0 Å². The molecule has 0 bridgehead atoms. The molecule has 1 fully saturated rings. The third kappa shape index (κ3) is 5.99. The van der Waals surface area contributed by atoms with E-state index >= 15 is 0 Å². The lowest BCUT2D eigenvalue weighted by Gasteiger charge is -2.43. The van der Waals surface area contributed by atoms with Crippen molar-refractivity contribution in [3.8, 4) is 0 Å². The number of nitrogen functional groups attached to an aromatic ring is 1. The smallest absolute Gasteiger partial charge is 0.261 e. The Bertz CT molecular complexity index is 1040. The van der Waals surface area contributed by atoms with Crippen molar-refractivity contribution in [1.29, 1.82) is 0 Å². The summed E-state index contributed by atoms with van der Waals surface area (Å²) in [5.41, 5.74) is 7.70. The maximum atomic E-state index is 7.07. The van der Waals surface area contributed by atoms with Crippen molar-refractivity contribution in [3.05, 3.63) is 89.4 Å². The normalized spacial score (nSPS) is 15.9. The molecule has 0 unspecified atom stereocenters. The van der Waals surface area contributed by atoms with Gasteiger partial charge in [0.2, 0.25) is 0 Å². The maximum absolute atomic E-state index is 7.07. The number of piperazine rings is 1. The van der Waals surface area contributed by atoms with Crippen LogP contribution in [0.25, 0.3) is 0 Å². The molecule has 3 aromatic carbocycles. The lowest BCUT2D eigenvalue weighted by molar-refractivity contribution is 0.111. The molecule has 6 heteroatoms. The molecule has 1 aliphatic heterocycles. The van der Waals surface area contributed by atoms with Gasteiger partial charge in [-0.25, -0.2) is 0 Å². The predicted octanol–water partition coefficient (Wildman–Crippen LogP) is 4.62. The molecule has 0 atom stereocenters. The first-order chi connectivity index (χ1) is 16.8. The van der Waals surface area contributed by atoms with E-state index in [2.05, 4.69) is 91.2 Å². The molecule has 0 aromatic heterocycles. The lowest BCUT2D eigenvalue weighted by Crippen LogP contribution is -2.67. The van der Waals surface area contributed by atoms with Crippen LogP contribution in [0.1, 0.15) is 26.3 Å². The van der Waals surface area contributed by atoms with Crippen molar-refractivity contribution in [2.24, 2.45) is 0 Å². The SMILES string of the molecule is CC(C)(C)[Si](OCCN1CCN(Cc2ccc(N)cc2Cl)CC1)(c1ccccc1)c1ccccc1. The van der Waals surface area contributed by atoms with E-state index in [9.17, 15) is 0 Å². The molecule has 1 aliphatic rings. The summed E-state index contributed by atoms with van der Waals surface area (Å²) in [7, 11) is -2.47. The quantitative estimate of drug-likeness (QED) is 0.357. The molecule has 0 spiro atoms. The van der Waals surface area contributed by atoms with Crippen molar-refractivity contribution >= 4 is 36.0 Å². The fraction of sp³-hybridized carbons (Fsp3) is 0.379. The van der Waals surface area contributed by atoms with Crippen LogP contribution in [-0.4, -0.2) is 57.4 Å². The minimum Gasteiger partial charge on any atom is -0.406 e. The van der Waals surface area contributed by atoms with Crippen LogP contribution < -0.4 is 16.1 Å². The van der Waals surface area contributed by atoms with Gasteiger partial charge >= 0.3 is 0 Å². The average molecular weight is 508 g/mol. The second kappa shape index (κ2) is 11.3. The van der Waals surface area contributed by atoms with Crippen LogP contribution >= 0.6 is 11.6 Å². The first-order valence-corrected chi connectivity index (χ1v) is 14.8. The van der Waals surface area contributed by atoms with Crippen molar-refractivity contribution < 1.29 is 4.43 Å². The first kappa shape index (κ1) is 25.9. The summed E-state index contributed by atoms with van der Waals surface area (Å²) in [4.78, 5) is 5.00. The van der Waals surface area contributed by atoms with E-state index in [1.807, 2.05) is 18.2 Å². The van der Waals surface area contributed by atoms with Crippen LogP contribution in [0.15, 0.2) is 78.9 Å². The monoisotopic (exact) mass is 507 g/mol. The molecule has 0 saturated carbocycles. The molecule has 3 aromatic rings. The summed E-state index contributed by atoms with van der Waals surface area (Å²) in [5, 5.41) is 3.44. The lowest BCUT2D eigenvalue weighted by atomic mass is 10.2. The first-order valence-electron chi connectivity index (χ1n) is 12.5. The standard InChI is InChI=1S/C29H38ClN3OSi/c1-29(2,3)35(26-10-6-4-7-11-26,27-12-8-5-9-13-27)34-21-20-32-16-18-33(19-17-32)23-24-14-15-25(31)22-28(24)30/h4-15,22H,16-21,23,31H2,1-3H3. The Balaban J connectivity index is 1.41. The fourth-order valence-corrected chi connectivity index (χ4v) is 9.99. The van der Waals surface area contributed by atoms with E-state index in [1.54, 1.807) is 0 Å². The number of hydrogen-bond acceptors (Lipinski definition) is 4. The number of halogens is 1. The van der Waals surface area contributed by atoms with Crippen LogP contribution in [0, 0.1) is 0 Å². The van der Waals surface area contributed by atoms with Gasteiger partial charge < -0.3 is 10.2 Å². The molecule has 35 heavy (non-hydrogen) atoms. The van der Waals surface area contributed by atoms with Gasteiger partial charge in [-0.05, 0) is 33.1 Å². The third-order valence-electron chi connectivity index (χ3n) is 7.08. The van der Waals surface area contributed by atoms with Crippen molar-refractivity contribution in [2.75, 3.05) is 45.1 Å². The second-order valence-electron chi connectivity index (χ2n) is 10.5. The van der Waals surface area contributed by atoms with Crippen LogP contribution in [0.5, 0.6) is 0 Å². The van der Waals surface area contributed by atoms with E-state index in [0.29, 0.717) is 5.69 Å². The summed E-state index contributed by atoms with van der Waals surface area (Å²) in [5.74, 6) is 0. The highest BCUT2D eigenvalue weighted by Crippen LogP contribution is 2.36. The van der Waals surface area contributed by atoms with Gasteiger partial charge in [0.1, 0.15) is 0 Å². The Morgan fingerprint density at radius 1 is 0.829 bits per heavy atom. The summed E-state index contributed by atoms with van der Waals surface area (Å²) >= 11 is 6.40. The van der Waals surface area contributed by atoms with Crippen molar-refractivity contribution in [2.45, 2.75) is 32.4 Å². The van der Waals surface area contributed by atoms with Gasteiger partial charge in [-0.1, -0.05) is 99.1 Å². The molecule has 0 radical (unpaired) electrons. The van der Waals surface area contributed by atoms with Gasteiger partial charge in [-0.2, -0.15) is 0 Å². The summed E-state index contributed by atoms with van der Waals surface area (Å²) in [6.07, 6.45) is 0. The molecule has 0 aliphatic carbocycles. The van der Waals surface area contributed by atoms with E-state index in [1.165, 1.54) is 10.4 Å². The molecule has 4 rings (SSSR count). The molecular formula is C29H38ClN3OSi. The maximum Gasteiger partial charge on any atom is 0.261 e. The highest BCUT2D eigenvalue weighted by Gasteiger charge is 2.50. The summed E-state index contributed by atoms with van der Waals surface area (Å²) in [6, 6.07) is 27.6. The molecule has 2 N–H and O–H groups in total. The number of rotatable bonds is 8. The summed E-state index contributed by atoms with van der Waals surface area (Å²) < 4.78 is 7.07. The zero-order valence-electron chi connectivity index (χ0n) is 21.2. The van der Waals surface area contributed by atoms with Gasteiger partial charge in [-0.3, -0.25) is 9.80 Å². The van der Waals surface area contributed by atoms with Crippen LogP contribution in [-0.2, 0) is 11.0 Å². The zero-order chi connectivity index (χ0) is 24.9. The Labute approximate surface area is 216 Å². The molecule has 186 valence electrons. The van der Waals surface area contributed by atoms with Gasteiger partial charge in [0, 0.05) is 56.6 Å². The zero-order valence-corrected chi connectivity index (χ0v) is 23.0. The number of benzene rings is 3. The Hall–Kier alpha value is -2.15. The van der Waals surface area contributed by atoms with Gasteiger partial charge in [0.25, 0.3) is 8.32 Å². The molecular weight excluding hydrogens is 470 g/mol. The summed E-state index contributed by atoms with van der Waals surface area (Å²) in [6.45, 7) is 13.7. The largest absolute Gasteiger partial charge is 0.406 e. The third-order valence-corrected chi connectivity index (χ3v) is 12.5. The Kier molecular flexibility index (Phi) is 8.35. The highest BCUT2D eigenvalue weighted by molar-refractivity contribution is 6.99. The van der Waals surface area contributed by atoms with E-state index in [0.717, 1.165) is 56.5 Å². The number of nitrogens with two attached hydrogens (primary N) is 1. The minimum absolute atomic E-state index is 0.00670. The highest BCUT2D eigenvalue weighted by atomic mass is 35.5. The number of anilines is 1. The van der Waals surface area contributed by atoms with Gasteiger partial charge in [-0.15, -0.1) is 0 Å². The average Bonchev–Trinajstić information content (AvgIpc) is 2.85. The van der Waals surface area contributed by atoms with Crippen LogP contribution in [0.3, 0.4) is 0 Å². The van der Waals surface area contributed by atoms with E-state index in [4.69, 9.17) is 21.8 Å². The Morgan fingerprint density at radius 2 is 1.37 bits per heavy atom. The number of nitrogens with zero attached hydrogens (tertiary/aromatic N) is 2. The van der Waals surface area contributed by atoms with E-state index in [-0.39, 0.29) is 5.04 Å². The van der Waals surface area contributed by atoms with E-state index < -0.39 is 8.32 Å². The topological polar surface area (TPSA) is 41.7 Å². The van der Waals surface area contributed by atoms with Crippen LogP contribution in [0.2, 0.25) is 10.1 Å². The van der Waals surface area contributed by atoms with Gasteiger partial charge in [0.05, 0.1) is 0 Å². The van der Waals surface area contributed by atoms with Crippen molar-refractivity contribution in [1.82, 2.24) is 9.80 Å². The van der Waals surface area contributed by atoms with Crippen LogP contribution in [0.4, 0.5) is 5.69 Å². The fourth-order valence-electron chi connectivity index (χ4n) is 5.19. The molecule has 1 saturated heterocycles. The molecule has 4 nitrogen and oxygen atoms in total. The molecule has 0 amide bonds. The number of hydrogen-bond donors (Lipinski definition) is 1.